The van der Waals surface area contributed by atoms with Crippen LogP contribution in [0.5, 0.6) is 5.75 Å². The number of carbonyl (C=O) groups excluding carboxylic acids is 1. The van der Waals surface area contributed by atoms with E-state index in [2.05, 4.69) is 23.5 Å². The number of amidine groups is 1. The van der Waals surface area contributed by atoms with Crippen LogP contribution in [0, 0.1) is 11.7 Å². The van der Waals surface area contributed by atoms with E-state index in [0.29, 0.717) is 25.1 Å². The Hall–Kier alpha value is -3.16. The third kappa shape index (κ3) is 5.48. The van der Waals surface area contributed by atoms with Gasteiger partial charge in [0.1, 0.15) is 5.84 Å². The Morgan fingerprint density at radius 2 is 2.24 bits per heavy atom. The zero-order chi connectivity index (χ0) is 24.1. The van der Waals surface area contributed by atoms with Crippen molar-refractivity contribution < 1.29 is 23.8 Å². The van der Waals surface area contributed by atoms with Gasteiger partial charge >= 0.3 is 5.97 Å². The molecule has 1 fully saturated rings. The van der Waals surface area contributed by atoms with Gasteiger partial charge in [-0.3, -0.25) is 14.6 Å². The fraction of sp³-hybridized carbons (Fsp3) is 0.500. The van der Waals surface area contributed by atoms with Gasteiger partial charge in [0.15, 0.2) is 11.6 Å². The standard InChI is InChI=1S/C26H32FN3O4/c1-2-34-23-11-9-19(15-21(23)27)22(16-24(31)32)30-14-12-18(26(30)33)5-3-7-20-10-8-17-6-4-13-28-25(17)29-20/h6,8-11,15,18,20,22H,2-5,7,12-14,16H2,1H3,(H,28,29)(H,31,32). The zero-order valence-corrected chi connectivity index (χ0v) is 19.5. The molecule has 3 unspecified atom stereocenters. The minimum absolute atomic E-state index is 0.0507. The summed E-state index contributed by atoms with van der Waals surface area (Å²) in [7, 11) is 0. The molecule has 0 radical (unpaired) electrons. The summed E-state index contributed by atoms with van der Waals surface area (Å²) < 4.78 is 19.7. The number of carbonyl (C=O) groups is 2. The van der Waals surface area contributed by atoms with Gasteiger partial charge in [-0.15, -0.1) is 0 Å². The van der Waals surface area contributed by atoms with Gasteiger partial charge in [0, 0.05) is 24.6 Å². The molecule has 7 nitrogen and oxygen atoms in total. The monoisotopic (exact) mass is 469 g/mol. The zero-order valence-electron chi connectivity index (χ0n) is 19.5. The van der Waals surface area contributed by atoms with Gasteiger partial charge < -0.3 is 20.1 Å². The van der Waals surface area contributed by atoms with Crippen molar-refractivity contribution in [3.8, 4) is 5.75 Å². The highest BCUT2D eigenvalue weighted by atomic mass is 19.1. The van der Waals surface area contributed by atoms with Crippen molar-refractivity contribution in [1.82, 2.24) is 10.2 Å². The number of dihydropyridines is 1. The number of hydrogen-bond donors (Lipinski definition) is 2. The molecular formula is C26H32FN3O4. The average Bonchev–Trinajstić information content (AvgIpc) is 3.18. The first-order valence-electron chi connectivity index (χ1n) is 12.1. The highest BCUT2D eigenvalue weighted by molar-refractivity contribution is 6.02. The average molecular weight is 470 g/mol. The van der Waals surface area contributed by atoms with Crippen LogP contribution in [0.15, 0.2) is 47.0 Å². The molecule has 1 saturated heterocycles. The second-order valence-corrected chi connectivity index (χ2v) is 8.96. The number of hydrogen-bond acceptors (Lipinski definition) is 5. The molecule has 0 aliphatic carbocycles. The SMILES string of the molecule is CCOc1ccc(C(CC(=O)O)N2CCC(CCCC3C=CC4=CCCNC4=N3)C2=O)cc1F. The molecule has 0 spiro atoms. The first-order valence-corrected chi connectivity index (χ1v) is 12.1. The molecule has 0 aromatic heterocycles. The van der Waals surface area contributed by atoms with E-state index >= 15 is 0 Å². The molecule has 4 rings (SSSR count). The molecule has 1 amide bonds. The molecule has 182 valence electrons. The van der Waals surface area contributed by atoms with Gasteiger partial charge in [-0.2, -0.15) is 0 Å². The highest BCUT2D eigenvalue weighted by Gasteiger charge is 2.37. The quantitative estimate of drug-likeness (QED) is 0.540. The smallest absolute Gasteiger partial charge is 0.305 e. The number of aliphatic imine (C=N–C) groups is 1. The number of likely N-dealkylation sites (tertiary alicyclic amines) is 1. The summed E-state index contributed by atoms with van der Waals surface area (Å²) in [5.74, 6) is -0.690. The van der Waals surface area contributed by atoms with E-state index in [4.69, 9.17) is 9.73 Å². The number of halogens is 1. The molecule has 34 heavy (non-hydrogen) atoms. The number of nitrogens with one attached hydrogen (secondary N) is 1. The minimum Gasteiger partial charge on any atom is -0.491 e. The van der Waals surface area contributed by atoms with Gasteiger partial charge in [0.05, 0.1) is 25.1 Å². The number of carboxylic acids is 1. The lowest BCUT2D eigenvalue weighted by molar-refractivity contribution is -0.140. The predicted molar refractivity (Wildman–Crippen MR) is 127 cm³/mol. The van der Waals surface area contributed by atoms with E-state index in [1.165, 1.54) is 12.1 Å². The van der Waals surface area contributed by atoms with Crippen LogP contribution in [0.2, 0.25) is 0 Å². The van der Waals surface area contributed by atoms with E-state index in [0.717, 1.165) is 43.6 Å². The topological polar surface area (TPSA) is 91.2 Å². The maximum absolute atomic E-state index is 14.4. The van der Waals surface area contributed by atoms with Crippen molar-refractivity contribution in [3.63, 3.8) is 0 Å². The Balaban J connectivity index is 1.37. The van der Waals surface area contributed by atoms with Gasteiger partial charge in [0.2, 0.25) is 5.91 Å². The normalized spacial score (nSPS) is 22.5. The van der Waals surface area contributed by atoms with Crippen molar-refractivity contribution >= 4 is 17.7 Å². The molecule has 0 bridgehead atoms. The first-order chi connectivity index (χ1) is 16.5. The molecular weight excluding hydrogens is 437 g/mol. The number of benzene rings is 1. The first kappa shape index (κ1) is 24.0. The van der Waals surface area contributed by atoms with Crippen LogP contribution in [0.25, 0.3) is 0 Å². The highest BCUT2D eigenvalue weighted by Crippen LogP contribution is 2.35. The molecule has 0 saturated carbocycles. The second-order valence-electron chi connectivity index (χ2n) is 8.96. The third-order valence-corrected chi connectivity index (χ3v) is 6.66. The number of rotatable bonds is 10. The molecule has 3 aliphatic heterocycles. The number of ether oxygens (including phenoxy) is 1. The van der Waals surface area contributed by atoms with E-state index in [-0.39, 0.29) is 30.0 Å². The number of nitrogens with zero attached hydrogens (tertiary/aromatic N) is 2. The van der Waals surface area contributed by atoms with Crippen LogP contribution in [0.3, 0.4) is 0 Å². The lowest BCUT2D eigenvalue weighted by atomic mass is 9.96. The minimum atomic E-state index is -1.02. The Morgan fingerprint density at radius 3 is 3.00 bits per heavy atom. The Labute approximate surface area is 199 Å². The molecule has 1 aromatic rings. The maximum Gasteiger partial charge on any atom is 0.305 e. The van der Waals surface area contributed by atoms with Crippen LogP contribution >= 0.6 is 0 Å². The van der Waals surface area contributed by atoms with Crippen molar-refractivity contribution in [3.05, 3.63) is 53.4 Å². The van der Waals surface area contributed by atoms with Gasteiger partial charge in [0.25, 0.3) is 0 Å². The van der Waals surface area contributed by atoms with Crippen LogP contribution in [-0.4, -0.2) is 53.5 Å². The van der Waals surface area contributed by atoms with Crippen LogP contribution in [-0.2, 0) is 9.59 Å². The summed E-state index contributed by atoms with van der Waals surface area (Å²) in [6.45, 7) is 3.48. The van der Waals surface area contributed by atoms with Crippen molar-refractivity contribution in [1.29, 1.82) is 0 Å². The van der Waals surface area contributed by atoms with E-state index in [1.807, 2.05) is 0 Å². The van der Waals surface area contributed by atoms with Gasteiger partial charge in [-0.25, -0.2) is 4.39 Å². The summed E-state index contributed by atoms with van der Waals surface area (Å²) in [6, 6.07) is 3.85. The number of amides is 1. The molecule has 2 N–H and O–H groups in total. The lowest BCUT2D eigenvalue weighted by Crippen LogP contribution is -2.33. The largest absolute Gasteiger partial charge is 0.491 e. The Morgan fingerprint density at radius 1 is 1.38 bits per heavy atom. The molecule has 3 heterocycles. The summed E-state index contributed by atoms with van der Waals surface area (Å²) in [5.41, 5.74) is 1.63. The van der Waals surface area contributed by atoms with E-state index < -0.39 is 17.8 Å². The van der Waals surface area contributed by atoms with Crippen molar-refractivity contribution in [2.75, 3.05) is 19.7 Å². The fourth-order valence-electron chi connectivity index (χ4n) is 4.95. The number of aliphatic carboxylic acids is 1. The molecule has 3 aliphatic rings. The number of carboxylic acid groups (broad SMARTS) is 1. The van der Waals surface area contributed by atoms with Gasteiger partial charge in [-0.1, -0.05) is 30.7 Å². The lowest BCUT2D eigenvalue weighted by Gasteiger charge is -2.28. The fourth-order valence-corrected chi connectivity index (χ4v) is 4.95. The Kier molecular flexibility index (Phi) is 7.65. The van der Waals surface area contributed by atoms with Crippen LogP contribution in [0.4, 0.5) is 4.39 Å². The van der Waals surface area contributed by atoms with Crippen LogP contribution in [0.1, 0.15) is 57.1 Å². The molecule has 8 heteroatoms. The third-order valence-electron chi connectivity index (χ3n) is 6.66. The summed E-state index contributed by atoms with van der Waals surface area (Å²) >= 11 is 0. The van der Waals surface area contributed by atoms with Gasteiger partial charge in [-0.05, 0) is 50.3 Å². The van der Waals surface area contributed by atoms with Crippen molar-refractivity contribution in [2.24, 2.45) is 10.9 Å². The number of fused-ring (bicyclic) bond motifs is 1. The van der Waals surface area contributed by atoms with E-state index in [9.17, 15) is 19.1 Å². The molecule has 1 aromatic carbocycles. The van der Waals surface area contributed by atoms with Crippen molar-refractivity contribution in [2.45, 2.75) is 57.5 Å². The second kappa shape index (κ2) is 10.8. The Bertz CT molecular complexity index is 1020. The maximum atomic E-state index is 14.4. The molecule has 3 atom stereocenters. The predicted octanol–water partition coefficient (Wildman–Crippen LogP) is 4.02. The summed E-state index contributed by atoms with van der Waals surface area (Å²) in [5, 5.41) is 12.8. The summed E-state index contributed by atoms with van der Waals surface area (Å²) in [4.78, 5) is 31.1. The van der Waals surface area contributed by atoms with Crippen LogP contribution < -0.4 is 10.1 Å². The summed E-state index contributed by atoms with van der Waals surface area (Å²) in [6.07, 6.45) is 10.3. The van der Waals surface area contributed by atoms with E-state index in [1.54, 1.807) is 17.9 Å².